The fourth-order valence-corrected chi connectivity index (χ4v) is 4.21. The first-order valence-corrected chi connectivity index (χ1v) is 10.5. The van der Waals surface area contributed by atoms with Crippen LogP contribution in [0.4, 0.5) is 4.79 Å². The van der Waals surface area contributed by atoms with Gasteiger partial charge in [-0.15, -0.1) is 0 Å². The number of nitrogens with one attached hydrogen (secondary N) is 2. The third kappa shape index (κ3) is 4.92. The summed E-state index contributed by atoms with van der Waals surface area (Å²) in [5, 5.41) is 2.49. The van der Waals surface area contributed by atoms with Gasteiger partial charge in [0.1, 0.15) is 5.60 Å². The van der Waals surface area contributed by atoms with Gasteiger partial charge in [0, 0.05) is 12.6 Å². The number of ether oxygens (including phenoxy) is 1. The van der Waals surface area contributed by atoms with Crippen molar-refractivity contribution in [3.8, 4) is 0 Å². The second-order valence-corrected chi connectivity index (χ2v) is 9.23. The largest absolute Gasteiger partial charge is 0.444 e. The molecule has 1 saturated heterocycles. The molecular formula is C18H23N3O7S. The van der Waals surface area contributed by atoms with Crippen LogP contribution in [0, 0.1) is 0 Å². The Morgan fingerprint density at radius 1 is 1.24 bits per heavy atom. The molecule has 0 saturated carbocycles. The number of carbonyl (C=O) groups is 3. The maximum atomic E-state index is 12.7. The van der Waals surface area contributed by atoms with Gasteiger partial charge in [0.2, 0.25) is 0 Å². The summed E-state index contributed by atoms with van der Waals surface area (Å²) in [6.45, 7) is 4.63. The zero-order chi connectivity index (χ0) is 21.4. The van der Waals surface area contributed by atoms with E-state index in [0.717, 1.165) is 4.90 Å². The highest BCUT2D eigenvalue weighted by Gasteiger charge is 2.42. The molecule has 3 amide bonds. The molecule has 0 aromatic heterocycles. The van der Waals surface area contributed by atoms with E-state index in [-0.39, 0.29) is 30.7 Å². The Bertz CT molecular complexity index is 904. The molecular weight excluding hydrogens is 402 g/mol. The van der Waals surface area contributed by atoms with E-state index >= 15 is 0 Å². The number of benzene rings is 1. The number of hydrogen-bond acceptors (Lipinski definition) is 7. The fourth-order valence-electron chi connectivity index (χ4n) is 3.22. The van der Waals surface area contributed by atoms with Gasteiger partial charge in [-0.1, -0.05) is 12.1 Å². The molecule has 2 aliphatic heterocycles. The Morgan fingerprint density at radius 2 is 1.83 bits per heavy atom. The molecule has 2 atom stereocenters. The maximum absolute atomic E-state index is 12.7. The highest BCUT2D eigenvalue weighted by molar-refractivity contribution is 7.84. The summed E-state index contributed by atoms with van der Waals surface area (Å²) in [7, 11) is -4.11. The molecule has 0 spiro atoms. The van der Waals surface area contributed by atoms with Crippen LogP contribution in [0.25, 0.3) is 0 Å². The molecule has 1 aromatic rings. The van der Waals surface area contributed by atoms with Crippen molar-refractivity contribution in [2.75, 3.05) is 13.2 Å². The van der Waals surface area contributed by atoms with Gasteiger partial charge in [0.15, 0.2) is 0 Å². The molecule has 2 heterocycles. The van der Waals surface area contributed by atoms with Gasteiger partial charge in [-0.2, -0.15) is 13.1 Å². The van der Waals surface area contributed by atoms with Crippen LogP contribution in [0.2, 0.25) is 0 Å². The number of alkyl carbamates (subject to hydrolysis) is 1. The Balaban J connectivity index is 1.75. The summed E-state index contributed by atoms with van der Waals surface area (Å²) in [4.78, 5) is 38.3. The molecule has 1 fully saturated rings. The van der Waals surface area contributed by atoms with Crippen LogP contribution in [0.3, 0.4) is 0 Å². The van der Waals surface area contributed by atoms with Crippen LogP contribution >= 0.6 is 0 Å². The first-order chi connectivity index (χ1) is 13.5. The maximum Gasteiger partial charge on any atom is 0.407 e. The van der Waals surface area contributed by atoms with E-state index in [1.165, 1.54) is 0 Å². The second kappa shape index (κ2) is 7.73. The minimum absolute atomic E-state index is 0.0699. The Hall–Kier alpha value is -2.50. The Labute approximate surface area is 168 Å². The number of rotatable bonds is 3. The second-order valence-electron chi connectivity index (χ2n) is 7.85. The van der Waals surface area contributed by atoms with E-state index < -0.39 is 45.9 Å². The lowest BCUT2D eigenvalue weighted by Crippen LogP contribution is -2.48. The molecule has 158 valence electrons. The highest BCUT2D eigenvalue weighted by atomic mass is 32.2. The topological polar surface area (TPSA) is 131 Å². The number of amides is 3. The van der Waals surface area contributed by atoms with Crippen molar-refractivity contribution in [3.63, 3.8) is 0 Å². The number of carbonyl (C=O) groups excluding carboxylic acids is 3. The summed E-state index contributed by atoms with van der Waals surface area (Å²) >= 11 is 0. The highest BCUT2D eigenvalue weighted by Crippen LogP contribution is 2.27. The molecule has 2 N–H and O–H groups in total. The van der Waals surface area contributed by atoms with Crippen molar-refractivity contribution in [3.05, 3.63) is 35.4 Å². The summed E-state index contributed by atoms with van der Waals surface area (Å²) < 4.78 is 36.4. The SMILES string of the molecule is CC(C)(C)OC(=O)NCC1C[C@H](N2C(=O)c3ccccc3C2=O)COS(=O)(=O)N1. The van der Waals surface area contributed by atoms with Gasteiger partial charge in [0.05, 0.1) is 23.8 Å². The van der Waals surface area contributed by atoms with E-state index in [4.69, 9.17) is 8.92 Å². The van der Waals surface area contributed by atoms with Gasteiger partial charge in [-0.3, -0.25) is 18.7 Å². The molecule has 2 aliphatic rings. The minimum atomic E-state index is -4.11. The molecule has 3 rings (SSSR count). The normalized spacial score (nSPS) is 24.0. The van der Waals surface area contributed by atoms with Crippen LogP contribution in [0.5, 0.6) is 0 Å². The zero-order valence-electron chi connectivity index (χ0n) is 16.3. The van der Waals surface area contributed by atoms with Gasteiger partial charge >= 0.3 is 16.4 Å². The minimum Gasteiger partial charge on any atom is -0.444 e. The Morgan fingerprint density at radius 3 is 2.38 bits per heavy atom. The number of imide groups is 1. The Kier molecular flexibility index (Phi) is 5.65. The van der Waals surface area contributed by atoms with Crippen molar-refractivity contribution in [2.24, 2.45) is 0 Å². The third-order valence-corrected chi connectivity index (χ3v) is 5.43. The fraction of sp³-hybridized carbons (Fsp3) is 0.500. The van der Waals surface area contributed by atoms with E-state index in [0.29, 0.717) is 0 Å². The van der Waals surface area contributed by atoms with Gasteiger partial charge in [0.25, 0.3) is 11.8 Å². The number of hydrogen-bond donors (Lipinski definition) is 2. The molecule has 0 aliphatic carbocycles. The summed E-state index contributed by atoms with van der Waals surface area (Å²) in [5.41, 5.74) is -0.180. The summed E-state index contributed by atoms with van der Waals surface area (Å²) in [6.07, 6.45) is -0.639. The van der Waals surface area contributed by atoms with Gasteiger partial charge in [-0.25, -0.2) is 4.79 Å². The first kappa shape index (κ1) is 21.2. The lowest BCUT2D eigenvalue weighted by Gasteiger charge is -2.26. The van der Waals surface area contributed by atoms with Crippen LogP contribution in [-0.4, -0.2) is 62.1 Å². The zero-order valence-corrected chi connectivity index (χ0v) is 17.1. The lowest BCUT2D eigenvalue weighted by molar-refractivity contribution is 0.0491. The molecule has 11 heteroatoms. The average Bonchev–Trinajstić information content (AvgIpc) is 2.76. The van der Waals surface area contributed by atoms with Crippen LogP contribution in [0.1, 0.15) is 47.9 Å². The number of fused-ring (bicyclic) bond motifs is 1. The van der Waals surface area contributed by atoms with Crippen molar-refractivity contribution in [2.45, 2.75) is 44.9 Å². The molecule has 10 nitrogen and oxygen atoms in total. The molecule has 1 unspecified atom stereocenters. The lowest BCUT2D eigenvalue weighted by atomic mass is 10.1. The molecule has 29 heavy (non-hydrogen) atoms. The standard InChI is InChI=1S/C18H23N3O7S/c1-18(2,3)28-17(24)19-9-11-8-12(10-27-29(25,26)20-11)21-15(22)13-6-4-5-7-14(13)16(21)23/h4-7,11-12,20H,8-10H2,1-3H3,(H,19,24)/t11?,12-/m0/s1. The van der Waals surface area contributed by atoms with E-state index in [2.05, 4.69) is 10.0 Å². The van der Waals surface area contributed by atoms with Crippen LogP contribution in [0.15, 0.2) is 24.3 Å². The monoisotopic (exact) mass is 425 g/mol. The van der Waals surface area contributed by atoms with Crippen molar-refractivity contribution in [1.29, 1.82) is 0 Å². The molecule has 0 bridgehead atoms. The van der Waals surface area contributed by atoms with Crippen molar-refractivity contribution < 1.29 is 31.7 Å². The van der Waals surface area contributed by atoms with Crippen molar-refractivity contribution >= 4 is 28.2 Å². The first-order valence-electron chi connectivity index (χ1n) is 9.07. The quantitative estimate of drug-likeness (QED) is 0.685. The molecule has 0 radical (unpaired) electrons. The van der Waals surface area contributed by atoms with Crippen LogP contribution < -0.4 is 10.0 Å². The predicted molar refractivity (Wildman–Crippen MR) is 101 cm³/mol. The van der Waals surface area contributed by atoms with E-state index in [1.54, 1.807) is 45.0 Å². The van der Waals surface area contributed by atoms with Gasteiger partial charge < -0.3 is 10.1 Å². The van der Waals surface area contributed by atoms with E-state index in [9.17, 15) is 22.8 Å². The average molecular weight is 425 g/mol. The summed E-state index contributed by atoms with van der Waals surface area (Å²) in [6, 6.07) is 4.77. The van der Waals surface area contributed by atoms with Gasteiger partial charge in [-0.05, 0) is 39.3 Å². The smallest absolute Gasteiger partial charge is 0.407 e. The van der Waals surface area contributed by atoms with E-state index in [1.807, 2.05) is 0 Å². The van der Waals surface area contributed by atoms with Crippen molar-refractivity contribution in [1.82, 2.24) is 14.9 Å². The third-order valence-electron chi connectivity index (χ3n) is 4.37. The summed E-state index contributed by atoms with van der Waals surface area (Å²) in [5.74, 6) is -1.00. The molecule has 1 aromatic carbocycles. The number of nitrogens with zero attached hydrogens (tertiary/aromatic N) is 1. The van der Waals surface area contributed by atoms with Crippen LogP contribution in [-0.2, 0) is 19.2 Å². The predicted octanol–water partition coefficient (Wildman–Crippen LogP) is 0.799.